The minimum Gasteiger partial charge on any atom is -0.494 e. The van der Waals surface area contributed by atoms with Gasteiger partial charge in [-0.1, -0.05) is 38.7 Å². The summed E-state index contributed by atoms with van der Waals surface area (Å²) < 4.78 is 32.2. The predicted molar refractivity (Wildman–Crippen MR) is 72.4 cm³/mol. The van der Waals surface area contributed by atoms with E-state index in [2.05, 4.69) is 6.92 Å². The minimum atomic E-state index is -0.864. The second-order valence-electron chi connectivity index (χ2n) is 5.72. The molecule has 2 rings (SSSR count). The Labute approximate surface area is 114 Å². The smallest absolute Gasteiger partial charge is 0.200 e. The van der Waals surface area contributed by atoms with Gasteiger partial charge in [-0.05, 0) is 36.3 Å². The highest BCUT2D eigenvalue weighted by Gasteiger charge is 2.19. The molecule has 0 atom stereocenters. The van der Waals surface area contributed by atoms with Crippen LogP contribution in [0.5, 0.6) is 5.75 Å². The molecule has 0 bridgehead atoms. The maximum absolute atomic E-state index is 13.8. The van der Waals surface area contributed by atoms with Gasteiger partial charge in [-0.15, -0.1) is 0 Å². The lowest BCUT2D eigenvalue weighted by molar-refractivity contribution is 0.276. The summed E-state index contributed by atoms with van der Waals surface area (Å²) in [5, 5.41) is 0. The highest BCUT2D eigenvalue weighted by Crippen LogP contribution is 2.32. The molecule has 1 saturated carbocycles. The molecular weight excluding hydrogens is 246 g/mol. The fourth-order valence-corrected chi connectivity index (χ4v) is 2.90. The normalized spacial score (nSPS) is 23.4. The number of rotatable bonds is 4. The highest BCUT2D eigenvalue weighted by atomic mass is 19.2. The Kier molecular flexibility index (Phi) is 4.78. The molecule has 0 heterocycles. The Balaban J connectivity index is 1.94. The first-order chi connectivity index (χ1) is 9.11. The number of benzene rings is 1. The Hall–Kier alpha value is -1.12. The second-order valence-corrected chi connectivity index (χ2v) is 5.72. The maximum Gasteiger partial charge on any atom is 0.200 e. The van der Waals surface area contributed by atoms with Crippen LogP contribution in [0.25, 0.3) is 0 Å². The van der Waals surface area contributed by atoms with Gasteiger partial charge in [0.05, 0.1) is 7.11 Å². The summed E-state index contributed by atoms with van der Waals surface area (Å²) in [6.45, 7) is 2.29. The van der Waals surface area contributed by atoms with E-state index in [0.29, 0.717) is 17.9 Å². The first-order valence-electron chi connectivity index (χ1n) is 7.12. The lowest BCUT2D eigenvalue weighted by Crippen LogP contribution is -2.13. The molecule has 106 valence electrons. The standard InChI is InChI=1S/C16H22F2O/c1-11-3-5-12(6-4-11)7-8-13-9-10-14(19-2)16(18)15(13)17/h9-12H,3-8H2,1-2H3. The predicted octanol–water partition coefficient (Wildman–Crippen LogP) is 4.73. The number of hydrogen-bond acceptors (Lipinski definition) is 1. The summed E-state index contributed by atoms with van der Waals surface area (Å²) in [6.07, 6.45) is 6.55. The van der Waals surface area contributed by atoms with E-state index in [1.54, 1.807) is 6.07 Å². The Morgan fingerprint density at radius 1 is 1.11 bits per heavy atom. The molecule has 0 spiro atoms. The third-order valence-corrected chi connectivity index (χ3v) is 4.30. The number of methoxy groups -OCH3 is 1. The maximum atomic E-state index is 13.8. The van der Waals surface area contributed by atoms with Crippen molar-refractivity contribution in [3.8, 4) is 5.75 Å². The van der Waals surface area contributed by atoms with Crippen LogP contribution in [0, 0.1) is 23.5 Å². The number of ether oxygens (including phenoxy) is 1. The molecule has 1 fully saturated rings. The monoisotopic (exact) mass is 268 g/mol. The molecule has 1 aromatic carbocycles. The Bertz CT molecular complexity index is 423. The van der Waals surface area contributed by atoms with E-state index in [1.165, 1.54) is 38.9 Å². The molecule has 0 N–H and O–H groups in total. The first-order valence-corrected chi connectivity index (χ1v) is 7.12. The van der Waals surface area contributed by atoms with Gasteiger partial charge in [-0.2, -0.15) is 4.39 Å². The molecule has 3 heteroatoms. The van der Waals surface area contributed by atoms with Crippen molar-refractivity contribution in [3.05, 3.63) is 29.3 Å². The van der Waals surface area contributed by atoms with E-state index in [-0.39, 0.29) is 5.75 Å². The number of halogens is 2. The molecule has 1 aliphatic rings. The summed E-state index contributed by atoms with van der Waals surface area (Å²) in [6, 6.07) is 3.15. The molecule has 0 aromatic heterocycles. The van der Waals surface area contributed by atoms with Crippen LogP contribution in [0.4, 0.5) is 8.78 Å². The van der Waals surface area contributed by atoms with Gasteiger partial charge < -0.3 is 4.74 Å². The third-order valence-electron chi connectivity index (χ3n) is 4.30. The SMILES string of the molecule is COc1ccc(CCC2CCC(C)CC2)c(F)c1F. The van der Waals surface area contributed by atoms with Crippen LogP contribution in [-0.2, 0) is 6.42 Å². The molecule has 0 amide bonds. The quantitative estimate of drug-likeness (QED) is 0.767. The van der Waals surface area contributed by atoms with Crippen LogP contribution in [0.3, 0.4) is 0 Å². The average Bonchev–Trinajstić information content (AvgIpc) is 2.42. The summed E-state index contributed by atoms with van der Waals surface area (Å²) in [5.41, 5.74) is 0.469. The molecule has 0 unspecified atom stereocenters. The molecule has 0 saturated heterocycles. The van der Waals surface area contributed by atoms with Gasteiger partial charge in [0.25, 0.3) is 0 Å². The highest BCUT2D eigenvalue weighted by molar-refractivity contribution is 5.31. The first kappa shape index (κ1) is 14.3. The van der Waals surface area contributed by atoms with Gasteiger partial charge in [0, 0.05) is 0 Å². The molecule has 1 aliphatic carbocycles. The van der Waals surface area contributed by atoms with Crippen molar-refractivity contribution in [2.45, 2.75) is 45.4 Å². The van der Waals surface area contributed by atoms with E-state index in [1.807, 2.05) is 0 Å². The van der Waals surface area contributed by atoms with Crippen molar-refractivity contribution in [1.82, 2.24) is 0 Å². The van der Waals surface area contributed by atoms with Crippen molar-refractivity contribution in [3.63, 3.8) is 0 Å². The molecule has 19 heavy (non-hydrogen) atoms. The fourth-order valence-electron chi connectivity index (χ4n) is 2.90. The van der Waals surface area contributed by atoms with Crippen molar-refractivity contribution in [2.75, 3.05) is 7.11 Å². The van der Waals surface area contributed by atoms with Gasteiger partial charge in [-0.25, -0.2) is 4.39 Å². The van der Waals surface area contributed by atoms with Crippen LogP contribution < -0.4 is 4.74 Å². The van der Waals surface area contributed by atoms with E-state index in [4.69, 9.17) is 4.74 Å². The summed E-state index contributed by atoms with van der Waals surface area (Å²) in [5.74, 6) is -0.138. The molecular formula is C16H22F2O. The van der Waals surface area contributed by atoms with Crippen molar-refractivity contribution in [2.24, 2.45) is 11.8 Å². The van der Waals surface area contributed by atoms with Gasteiger partial charge >= 0.3 is 0 Å². The zero-order valence-electron chi connectivity index (χ0n) is 11.7. The van der Waals surface area contributed by atoms with Gasteiger partial charge in [-0.3, -0.25) is 0 Å². The zero-order chi connectivity index (χ0) is 13.8. The third kappa shape index (κ3) is 3.46. The van der Waals surface area contributed by atoms with Crippen LogP contribution in [0.15, 0.2) is 12.1 Å². The van der Waals surface area contributed by atoms with Crippen LogP contribution in [-0.4, -0.2) is 7.11 Å². The van der Waals surface area contributed by atoms with Crippen LogP contribution in [0.2, 0.25) is 0 Å². The second kappa shape index (κ2) is 6.36. The average molecular weight is 268 g/mol. The molecule has 1 aromatic rings. The largest absolute Gasteiger partial charge is 0.494 e. The van der Waals surface area contributed by atoms with E-state index in [0.717, 1.165) is 12.3 Å². The van der Waals surface area contributed by atoms with Crippen LogP contribution >= 0.6 is 0 Å². The van der Waals surface area contributed by atoms with E-state index < -0.39 is 11.6 Å². The Morgan fingerprint density at radius 2 is 1.79 bits per heavy atom. The molecule has 0 aliphatic heterocycles. The summed E-state index contributed by atoms with van der Waals surface area (Å²) in [7, 11) is 1.35. The number of hydrogen-bond donors (Lipinski definition) is 0. The van der Waals surface area contributed by atoms with Gasteiger partial charge in [0.1, 0.15) is 0 Å². The minimum absolute atomic E-state index is 0.0206. The van der Waals surface area contributed by atoms with E-state index >= 15 is 0 Å². The topological polar surface area (TPSA) is 9.23 Å². The summed E-state index contributed by atoms with van der Waals surface area (Å²) in [4.78, 5) is 0. The summed E-state index contributed by atoms with van der Waals surface area (Å²) >= 11 is 0. The number of aryl methyl sites for hydroxylation is 1. The van der Waals surface area contributed by atoms with Gasteiger partial charge in [0.2, 0.25) is 5.82 Å². The van der Waals surface area contributed by atoms with E-state index in [9.17, 15) is 8.78 Å². The van der Waals surface area contributed by atoms with Crippen molar-refractivity contribution >= 4 is 0 Å². The van der Waals surface area contributed by atoms with Crippen LogP contribution in [0.1, 0.15) is 44.6 Å². The van der Waals surface area contributed by atoms with Crippen molar-refractivity contribution < 1.29 is 13.5 Å². The fraction of sp³-hybridized carbons (Fsp3) is 0.625. The molecule has 0 radical (unpaired) electrons. The lowest BCUT2D eigenvalue weighted by atomic mass is 9.80. The van der Waals surface area contributed by atoms with Gasteiger partial charge in [0.15, 0.2) is 11.6 Å². The molecule has 1 nitrogen and oxygen atoms in total. The lowest BCUT2D eigenvalue weighted by Gasteiger charge is -2.26. The zero-order valence-corrected chi connectivity index (χ0v) is 11.7. The van der Waals surface area contributed by atoms with Crippen molar-refractivity contribution in [1.29, 1.82) is 0 Å². The Morgan fingerprint density at radius 3 is 2.42 bits per heavy atom.